The van der Waals surface area contributed by atoms with Crippen LogP contribution in [-0.4, -0.2) is 9.97 Å². The van der Waals surface area contributed by atoms with Crippen LogP contribution < -0.4 is 10.3 Å². The van der Waals surface area contributed by atoms with E-state index in [2.05, 4.69) is 22.1 Å². The Kier molecular flexibility index (Phi) is 5.24. The number of nitrogens with zero attached hydrogens (tertiary/aromatic N) is 3. The Morgan fingerprint density at radius 1 is 1.00 bits per heavy atom. The van der Waals surface area contributed by atoms with Crippen molar-refractivity contribution in [1.29, 1.82) is 10.5 Å². The summed E-state index contributed by atoms with van der Waals surface area (Å²) in [5.74, 6) is 1.30. The minimum Gasteiger partial charge on any atom is -0.438 e. The molecule has 0 aliphatic rings. The molecule has 2 aromatic carbocycles. The number of hydrogen-bond acceptors (Lipinski definition) is 5. The number of nitriles is 2. The highest BCUT2D eigenvalue weighted by molar-refractivity contribution is 5.48. The van der Waals surface area contributed by atoms with Gasteiger partial charge in [0.2, 0.25) is 5.88 Å². The molecule has 3 aromatic rings. The quantitative estimate of drug-likeness (QED) is 0.752. The number of hydrogen-bond donors (Lipinski definition) is 1. The van der Waals surface area contributed by atoms with Gasteiger partial charge in [-0.05, 0) is 61.7 Å². The number of aromatic nitrogens is 2. The minimum absolute atomic E-state index is 0.239. The predicted molar refractivity (Wildman–Crippen MR) is 104 cm³/mol. The number of aromatic amines is 1. The van der Waals surface area contributed by atoms with Crippen molar-refractivity contribution in [3.8, 4) is 23.8 Å². The average Bonchev–Trinajstić information content (AvgIpc) is 2.68. The Morgan fingerprint density at radius 3 is 2.18 bits per heavy atom. The minimum atomic E-state index is -0.266. The molecule has 0 radical (unpaired) electrons. The van der Waals surface area contributed by atoms with E-state index in [4.69, 9.17) is 15.3 Å². The second kappa shape index (κ2) is 7.77. The van der Waals surface area contributed by atoms with E-state index in [1.54, 1.807) is 31.2 Å². The molecule has 1 heterocycles. The molecule has 6 heteroatoms. The number of ether oxygens (including phenoxy) is 1. The molecule has 0 amide bonds. The van der Waals surface area contributed by atoms with Crippen molar-refractivity contribution >= 4 is 0 Å². The third-order valence-corrected chi connectivity index (χ3v) is 4.40. The van der Waals surface area contributed by atoms with Crippen LogP contribution in [0.25, 0.3) is 0 Å². The highest BCUT2D eigenvalue weighted by Gasteiger charge is 2.14. The van der Waals surface area contributed by atoms with E-state index >= 15 is 0 Å². The first-order valence-corrected chi connectivity index (χ1v) is 8.69. The van der Waals surface area contributed by atoms with E-state index < -0.39 is 0 Å². The predicted octanol–water partition coefficient (Wildman–Crippen LogP) is 3.82. The van der Waals surface area contributed by atoms with Gasteiger partial charge in [0, 0.05) is 6.42 Å². The first-order valence-electron chi connectivity index (χ1n) is 8.69. The van der Waals surface area contributed by atoms with Gasteiger partial charge >= 0.3 is 0 Å². The lowest BCUT2D eigenvalue weighted by Crippen LogP contribution is -2.16. The summed E-state index contributed by atoms with van der Waals surface area (Å²) >= 11 is 0. The van der Waals surface area contributed by atoms with Crippen LogP contribution in [0.2, 0.25) is 0 Å². The van der Waals surface area contributed by atoms with Crippen molar-refractivity contribution < 1.29 is 4.74 Å². The van der Waals surface area contributed by atoms with Crippen LogP contribution in [0, 0.1) is 43.4 Å². The topological polar surface area (TPSA) is 103 Å². The molecule has 0 spiro atoms. The lowest BCUT2D eigenvalue weighted by molar-refractivity contribution is 0.447. The summed E-state index contributed by atoms with van der Waals surface area (Å²) in [6.45, 7) is 5.35. The van der Waals surface area contributed by atoms with Crippen LogP contribution in [0.3, 0.4) is 0 Å². The maximum Gasteiger partial charge on any atom is 0.257 e. The molecule has 0 bridgehead atoms. The molecular formula is C22H18N4O2. The Balaban J connectivity index is 1.95. The molecule has 6 nitrogen and oxygen atoms in total. The van der Waals surface area contributed by atoms with Crippen LogP contribution >= 0.6 is 0 Å². The van der Waals surface area contributed by atoms with Crippen LogP contribution in [0.4, 0.5) is 0 Å². The highest BCUT2D eigenvalue weighted by Crippen LogP contribution is 2.29. The summed E-state index contributed by atoms with van der Waals surface area (Å²) in [6.07, 6.45) is 0.406. The molecule has 0 fully saturated rings. The zero-order chi connectivity index (χ0) is 20.3. The zero-order valence-electron chi connectivity index (χ0n) is 15.8. The van der Waals surface area contributed by atoms with Gasteiger partial charge in [-0.15, -0.1) is 0 Å². The van der Waals surface area contributed by atoms with Gasteiger partial charge in [0.25, 0.3) is 5.56 Å². The molecule has 1 aromatic heterocycles. The molecule has 0 saturated heterocycles. The van der Waals surface area contributed by atoms with Crippen molar-refractivity contribution in [2.75, 3.05) is 0 Å². The maximum atomic E-state index is 12.4. The monoisotopic (exact) mass is 370 g/mol. The van der Waals surface area contributed by atoms with Crippen molar-refractivity contribution in [2.45, 2.75) is 27.2 Å². The van der Waals surface area contributed by atoms with E-state index in [0.29, 0.717) is 34.7 Å². The standard InChI is InChI=1S/C22H18N4O2/c1-13-8-18(12-24)9-14(2)20(13)28-22-15(3)21(27)25-19(26-22)10-16-4-6-17(11-23)7-5-16/h4-9H,10H2,1-3H3,(H,25,26,27). The number of aryl methyl sites for hydroxylation is 2. The molecule has 0 atom stereocenters. The Labute approximate surface area is 162 Å². The van der Waals surface area contributed by atoms with Crippen LogP contribution in [0.5, 0.6) is 11.6 Å². The van der Waals surface area contributed by atoms with Gasteiger partial charge in [-0.2, -0.15) is 15.5 Å². The van der Waals surface area contributed by atoms with Crippen LogP contribution in [0.15, 0.2) is 41.2 Å². The van der Waals surface area contributed by atoms with E-state index in [0.717, 1.165) is 16.7 Å². The molecular weight excluding hydrogens is 352 g/mol. The van der Waals surface area contributed by atoms with E-state index in [9.17, 15) is 4.79 Å². The highest BCUT2D eigenvalue weighted by atomic mass is 16.5. The van der Waals surface area contributed by atoms with E-state index in [-0.39, 0.29) is 11.4 Å². The lowest BCUT2D eigenvalue weighted by Gasteiger charge is -2.14. The largest absolute Gasteiger partial charge is 0.438 e. The summed E-state index contributed by atoms with van der Waals surface area (Å²) in [7, 11) is 0. The third-order valence-electron chi connectivity index (χ3n) is 4.40. The molecule has 1 N–H and O–H groups in total. The first-order chi connectivity index (χ1) is 13.4. The van der Waals surface area contributed by atoms with Gasteiger partial charge in [0.1, 0.15) is 11.6 Å². The fourth-order valence-corrected chi connectivity index (χ4v) is 2.90. The smallest absolute Gasteiger partial charge is 0.257 e. The van der Waals surface area contributed by atoms with Crippen molar-refractivity contribution in [3.05, 3.63) is 86.0 Å². The molecule has 0 aliphatic heterocycles. The second-order valence-electron chi connectivity index (χ2n) is 6.58. The van der Waals surface area contributed by atoms with Gasteiger partial charge in [0.15, 0.2) is 0 Å². The Hall–Kier alpha value is -3.90. The van der Waals surface area contributed by atoms with Gasteiger partial charge in [-0.3, -0.25) is 4.79 Å². The summed E-state index contributed by atoms with van der Waals surface area (Å²) in [6, 6.07) is 14.8. The SMILES string of the molecule is Cc1cc(C#N)cc(C)c1Oc1nc(Cc2ccc(C#N)cc2)[nH]c(=O)c1C. The van der Waals surface area contributed by atoms with Crippen molar-refractivity contribution in [1.82, 2.24) is 9.97 Å². The van der Waals surface area contributed by atoms with Crippen molar-refractivity contribution in [3.63, 3.8) is 0 Å². The fourth-order valence-electron chi connectivity index (χ4n) is 2.90. The number of benzene rings is 2. The van der Waals surface area contributed by atoms with Gasteiger partial charge in [-0.1, -0.05) is 12.1 Å². The van der Waals surface area contributed by atoms with E-state index in [1.165, 1.54) is 0 Å². The molecule has 0 aliphatic carbocycles. The average molecular weight is 370 g/mol. The summed E-state index contributed by atoms with van der Waals surface area (Å²) in [5.41, 5.74) is 3.76. The Morgan fingerprint density at radius 2 is 1.61 bits per heavy atom. The van der Waals surface area contributed by atoms with Crippen LogP contribution in [0.1, 0.15) is 39.2 Å². The number of H-pyrrole nitrogens is 1. The van der Waals surface area contributed by atoms with Gasteiger partial charge < -0.3 is 9.72 Å². The number of rotatable bonds is 4. The second-order valence-corrected chi connectivity index (χ2v) is 6.58. The Bertz CT molecular complexity index is 1160. The summed E-state index contributed by atoms with van der Waals surface area (Å²) < 4.78 is 5.98. The molecule has 0 saturated carbocycles. The molecule has 138 valence electrons. The lowest BCUT2D eigenvalue weighted by atomic mass is 10.1. The third kappa shape index (κ3) is 3.92. The van der Waals surface area contributed by atoms with Gasteiger partial charge in [-0.25, -0.2) is 0 Å². The number of nitrogens with one attached hydrogen (secondary N) is 1. The van der Waals surface area contributed by atoms with Crippen molar-refractivity contribution in [2.24, 2.45) is 0 Å². The van der Waals surface area contributed by atoms with E-state index in [1.807, 2.05) is 26.0 Å². The van der Waals surface area contributed by atoms with Crippen LogP contribution in [-0.2, 0) is 6.42 Å². The fraction of sp³-hybridized carbons (Fsp3) is 0.182. The van der Waals surface area contributed by atoms with Gasteiger partial charge in [0.05, 0.1) is 28.8 Å². The summed E-state index contributed by atoms with van der Waals surface area (Å²) in [5, 5.41) is 18.0. The normalized spacial score (nSPS) is 10.2. The molecule has 28 heavy (non-hydrogen) atoms. The summed E-state index contributed by atoms with van der Waals surface area (Å²) in [4.78, 5) is 19.6. The first kappa shape index (κ1) is 18.9. The molecule has 3 rings (SSSR count). The maximum absolute atomic E-state index is 12.4. The zero-order valence-corrected chi connectivity index (χ0v) is 15.8. The molecule has 0 unspecified atom stereocenters.